The molecule has 3 rings (SSSR count). The maximum absolute atomic E-state index is 5.68. The van der Waals surface area contributed by atoms with E-state index in [0.29, 0.717) is 0 Å². The summed E-state index contributed by atoms with van der Waals surface area (Å²) in [7, 11) is 1.66. The number of aromatic amines is 1. The molecule has 0 amide bonds. The Morgan fingerprint density at radius 3 is 2.68 bits per heavy atom. The molecule has 3 N–H and O–H groups in total. The number of methoxy groups -OCH3 is 1. The van der Waals surface area contributed by atoms with Gasteiger partial charge in [-0.25, -0.2) is 4.98 Å². The summed E-state index contributed by atoms with van der Waals surface area (Å²) in [5.74, 6) is 1.77. The molecule has 0 fully saturated rings. The number of nitrogen functional groups attached to an aromatic ring is 1. The van der Waals surface area contributed by atoms with Gasteiger partial charge in [0, 0.05) is 18.2 Å². The number of anilines is 1. The fraction of sp³-hybridized carbons (Fsp3) is 0.133. The number of hydrogen-bond acceptors (Lipinski definition) is 3. The third-order valence-electron chi connectivity index (χ3n) is 3.09. The summed E-state index contributed by atoms with van der Waals surface area (Å²) in [6.07, 6.45) is 0.761. The van der Waals surface area contributed by atoms with Crippen molar-refractivity contribution >= 4 is 16.7 Å². The van der Waals surface area contributed by atoms with Crippen LogP contribution < -0.4 is 10.5 Å². The highest BCUT2D eigenvalue weighted by Crippen LogP contribution is 2.20. The summed E-state index contributed by atoms with van der Waals surface area (Å²) in [6, 6.07) is 13.7. The lowest BCUT2D eigenvalue weighted by molar-refractivity contribution is 0.415. The van der Waals surface area contributed by atoms with Gasteiger partial charge < -0.3 is 15.5 Å². The zero-order chi connectivity index (χ0) is 13.2. The van der Waals surface area contributed by atoms with Crippen LogP contribution in [0.5, 0.6) is 5.75 Å². The van der Waals surface area contributed by atoms with E-state index in [-0.39, 0.29) is 0 Å². The third kappa shape index (κ3) is 2.38. The van der Waals surface area contributed by atoms with Crippen molar-refractivity contribution in [1.29, 1.82) is 0 Å². The van der Waals surface area contributed by atoms with E-state index in [2.05, 4.69) is 9.97 Å². The third-order valence-corrected chi connectivity index (χ3v) is 3.09. The van der Waals surface area contributed by atoms with Crippen LogP contribution in [-0.4, -0.2) is 17.1 Å². The molecule has 0 saturated carbocycles. The number of nitrogens with two attached hydrogens (primary N) is 1. The summed E-state index contributed by atoms with van der Waals surface area (Å²) < 4.78 is 5.20. The van der Waals surface area contributed by atoms with Gasteiger partial charge in [-0.3, -0.25) is 0 Å². The SMILES string of the molecule is COc1ccc2nc(Cc3ccc(N)cc3)[nH]c2c1. The van der Waals surface area contributed by atoms with Gasteiger partial charge in [0.1, 0.15) is 11.6 Å². The van der Waals surface area contributed by atoms with Gasteiger partial charge in [-0.1, -0.05) is 12.1 Å². The summed E-state index contributed by atoms with van der Waals surface area (Å²) in [4.78, 5) is 7.87. The van der Waals surface area contributed by atoms with Crippen LogP contribution in [0.15, 0.2) is 42.5 Å². The van der Waals surface area contributed by atoms with Crippen molar-refractivity contribution in [2.45, 2.75) is 6.42 Å². The fourth-order valence-corrected chi connectivity index (χ4v) is 2.08. The first kappa shape index (κ1) is 11.6. The molecule has 0 saturated heterocycles. The number of imidazole rings is 1. The minimum atomic E-state index is 0.761. The van der Waals surface area contributed by atoms with E-state index in [0.717, 1.165) is 34.7 Å². The Morgan fingerprint density at radius 2 is 1.95 bits per heavy atom. The number of rotatable bonds is 3. The van der Waals surface area contributed by atoms with Gasteiger partial charge in [0.25, 0.3) is 0 Å². The van der Waals surface area contributed by atoms with Gasteiger partial charge in [0.2, 0.25) is 0 Å². The number of aromatic nitrogens is 2. The molecule has 4 heteroatoms. The van der Waals surface area contributed by atoms with Gasteiger partial charge >= 0.3 is 0 Å². The topological polar surface area (TPSA) is 63.9 Å². The molecule has 19 heavy (non-hydrogen) atoms. The van der Waals surface area contributed by atoms with E-state index in [9.17, 15) is 0 Å². The summed E-state index contributed by atoms with van der Waals surface area (Å²) in [6.45, 7) is 0. The van der Waals surface area contributed by atoms with Crippen molar-refractivity contribution in [1.82, 2.24) is 9.97 Å². The molecule has 1 heterocycles. The zero-order valence-corrected chi connectivity index (χ0v) is 10.7. The smallest absolute Gasteiger partial charge is 0.121 e. The second-order valence-electron chi connectivity index (χ2n) is 4.48. The molecule has 4 nitrogen and oxygen atoms in total. The number of ether oxygens (including phenoxy) is 1. The molecule has 0 aliphatic heterocycles. The van der Waals surface area contributed by atoms with Gasteiger partial charge in [-0.2, -0.15) is 0 Å². The number of fused-ring (bicyclic) bond motifs is 1. The van der Waals surface area contributed by atoms with Crippen molar-refractivity contribution in [2.75, 3.05) is 12.8 Å². The molecule has 2 aromatic carbocycles. The normalized spacial score (nSPS) is 10.8. The van der Waals surface area contributed by atoms with E-state index < -0.39 is 0 Å². The minimum Gasteiger partial charge on any atom is -0.497 e. The maximum atomic E-state index is 5.68. The van der Waals surface area contributed by atoms with E-state index in [1.807, 2.05) is 42.5 Å². The molecular weight excluding hydrogens is 238 g/mol. The lowest BCUT2D eigenvalue weighted by Gasteiger charge is -1.98. The highest BCUT2D eigenvalue weighted by Gasteiger charge is 2.05. The average molecular weight is 253 g/mol. The number of hydrogen-bond donors (Lipinski definition) is 2. The predicted octanol–water partition coefficient (Wildman–Crippen LogP) is 2.74. The van der Waals surface area contributed by atoms with Crippen LogP contribution in [0, 0.1) is 0 Å². The van der Waals surface area contributed by atoms with Crippen molar-refractivity contribution in [3.8, 4) is 5.75 Å². The molecule has 0 aliphatic rings. The van der Waals surface area contributed by atoms with Crippen LogP contribution in [0.25, 0.3) is 11.0 Å². The van der Waals surface area contributed by atoms with Gasteiger partial charge in [-0.15, -0.1) is 0 Å². The monoisotopic (exact) mass is 253 g/mol. The highest BCUT2D eigenvalue weighted by atomic mass is 16.5. The molecule has 0 bridgehead atoms. The summed E-state index contributed by atoms with van der Waals surface area (Å²) in [5.41, 5.74) is 9.57. The quantitative estimate of drug-likeness (QED) is 0.705. The molecule has 0 atom stereocenters. The Bertz CT molecular complexity index is 701. The Kier molecular flexibility index (Phi) is 2.83. The Labute approximate surface area is 111 Å². The Balaban J connectivity index is 1.90. The molecule has 96 valence electrons. The molecule has 0 radical (unpaired) electrons. The number of nitrogens with zero attached hydrogens (tertiary/aromatic N) is 1. The molecule has 0 aliphatic carbocycles. The highest BCUT2D eigenvalue weighted by molar-refractivity contribution is 5.76. The van der Waals surface area contributed by atoms with Crippen LogP contribution in [0.3, 0.4) is 0 Å². The molecule has 3 aromatic rings. The fourth-order valence-electron chi connectivity index (χ4n) is 2.08. The van der Waals surface area contributed by atoms with Crippen LogP contribution >= 0.6 is 0 Å². The molecular formula is C15H15N3O. The predicted molar refractivity (Wildman–Crippen MR) is 76.3 cm³/mol. The standard InChI is InChI=1S/C15H15N3O/c1-19-12-6-7-13-14(9-12)18-15(17-13)8-10-2-4-11(16)5-3-10/h2-7,9H,8,16H2,1H3,(H,17,18). The first-order chi connectivity index (χ1) is 9.24. The van der Waals surface area contributed by atoms with Crippen LogP contribution in [0.1, 0.15) is 11.4 Å². The van der Waals surface area contributed by atoms with E-state index in [1.54, 1.807) is 7.11 Å². The zero-order valence-electron chi connectivity index (χ0n) is 10.7. The van der Waals surface area contributed by atoms with Gasteiger partial charge in [-0.05, 0) is 29.8 Å². The van der Waals surface area contributed by atoms with Crippen molar-refractivity contribution < 1.29 is 4.74 Å². The second-order valence-corrected chi connectivity index (χ2v) is 4.48. The van der Waals surface area contributed by atoms with E-state index in [1.165, 1.54) is 5.56 Å². The van der Waals surface area contributed by atoms with Gasteiger partial charge in [0.05, 0.1) is 18.1 Å². The van der Waals surface area contributed by atoms with Crippen LogP contribution in [-0.2, 0) is 6.42 Å². The summed E-state index contributed by atoms with van der Waals surface area (Å²) >= 11 is 0. The average Bonchev–Trinajstić information content (AvgIpc) is 2.82. The van der Waals surface area contributed by atoms with E-state index in [4.69, 9.17) is 10.5 Å². The number of nitrogens with one attached hydrogen (secondary N) is 1. The van der Waals surface area contributed by atoms with E-state index >= 15 is 0 Å². The minimum absolute atomic E-state index is 0.761. The first-order valence-electron chi connectivity index (χ1n) is 6.11. The lowest BCUT2D eigenvalue weighted by atomic mass is 10.1. The van der Waals surface area contributed by atoms with Gasteiger partial charge in [0.15, 0.2) is 0 Å². The van der Waals surface area contributed by atoms with Crippen LogP contribution in [0.4, 0.5) is 5.69 Å². The number of H-pyrrole nitrogens is 1. The Morgan fingerprint density at radius 1 is 1.16 bits per heavy atom. The molecule has 0 unspecified atom stereocenters. The lowest BCUT2D eigenvalue weighted by Crippen LogP contribution is -1.91. The summed E-state index contributed by atoms with van der Waals surface area (Å²) in [5, 5.41) is 0. The largest absolute Gasteiger partial charge is 0.497 e. The van der Waals surface area contributed by atoms with Crippen LogP contribution in [0.2, 0.25) is 0 Å². The van der Waals surface area contributed by atoms with Crippen molar-refractivity contribution in [3.63, 3.8) is 0 Å². The molecule has 1 aromatic heterocycles. The first-order valence-corrected chi connectivity index (χ1v) is 6.11. The van der Waals surface area contributed by atoms with Crippen molar-refractivity contribution in [2.24, 2.45) is 0 Å². The second kappa shape index (κ2) is 4.65. The number of benzene rings is 2. The molecule has 0 spiro atoms. The Hall–Kier alpha value is -2.49. The van der Waals surface area contributed by atoms with Crippen molar-refractivity contribution in [3.05, 3.63) is 53.9 Å². The maximum Gasteiger partial charge on any atom is 0.121 e.